The number of nitrogens with zero attached hydrogens (tertiary/aromatic N) is 1. The Morgan fingerprint density at radius 2 is 2.00 bits per heavy atom. The van der Waals surface area contributed by atoms with Crippen molar-refractivity contribution in [3.63, 3.8) is 0 Å². The minimum atomic E-state index is -3.83. The van der Waals surface area contributed by atoms with Crippen molar-refractivity contribution in [2.24, 2.45) is 5.92 Å². The van der Waals surface area contributed by atoms with Crippen LogP contribution in [-0.2, 0) is 19.6 Å². The zero-order chi connectivity index (χ0) is 22.2. The molecule has 0 aromatic heterocycles. The number of fused-ring (bicyclic) bond motifs is 1. The standard InChI is InChI=1S/C22H25N3O5S/c1-14-6-3-4-8-18(14)23-22(27)16-7-5-11-25(13-16)31(28,29)17-9-10-20-19(12-17)24-21(26)15(2)30-20/h3-4,6,8-10,12,15-16H,5,7,11,13H2,1-2H3,(H,23,27)(H,24,26)/t15-,16+/m1/s1. The predicted octanol–water partition coefficient (Wildman–Crippen LogP) is 2.75. The minimum Gasteiger partial charge on any atom is -0.479 e. The third-order valence-corrected chi connectivity index (χ3v) is 7.54. The zero-order valence-corrected chi connectivity index (χ0v) is 18.2. The van der Waals surface area contributed by atoms with E-state index in [4.69, 9.17) is 4.74 Å². The summed E-state index contributed by atoms with van der Waals surface area (Å²) in [6.07, 6.45) is 0.577. The van der Waals surface area contributed by atoms with Crippen molar-refractivity contribution in [1.29, 1.82) is 0 Å². The summed E-state index contributed by atoms with van der Waals surface area (Å²) in [5, 5.41) is 5.59. The van der Waals surface area contributed by atoms with Crippen molar-refractivity contribution in [3.05, 3.63) is 48.0 Å². The van der Waals surface area contributed by atoms with Gasteiger partial charge in [0, 0.05) is 18.8 Å². The number of amides is 2. The van der Waals surface area contributed by atoms with Crippen LogP contribution in [0.2, 0.25) is 0 Å². The lowest BCUT2D eigenvalue weighted by Crippen LogP contribution is -2.43. The molecule has 9 heteroatoms. The molecule has 2 aromatic carbocycles. The van der Waals surface area contributed by atoms with Gasteiger partial charge in [0.1, 0.15) is 5.75 Å². The van der Waals surface area contributed by atoms with E-state index in [-0.39, 0.29) is 23.3 Å². The summed E-state index contributed by atoms with van der Waals surface area (Å²) in [5.74, 6) is -0.521. The lowest BCUT2D eigenvalue weighted by atomic mass is 9.98. The van der Waals surface area contributed by atoms with Crippen LogP contribution in [-0.4, -0.2) is 43.7 Å². The van der Waals surface area contributed by atoms with Gasteiger partial charge >= 0.3 is 0 Å². The van der Waals surface area contributed by atoms with E-state index < -0.39 is 22.0 Å². The predicted molar refractivity (Wildman–Crippen MR) is 116 cm³/mol. The Balaban J connectivity index is 1.51. The molecule has 0 aliphatic carbocycles. The van der Waals surface area contributed by atoms with E-state index in [0.29, 0.717) is 30.8 Å². The number of hydrogen-bond acceptors (Lipinski definition) is 5. The topological polar surface area (TPSA) is 105 Å². The third-order valence-electron chi connectivity index (χ3n) is 5.68. The molecule has 2 aliphatic rings. The molecule has 2 aliphatic heterocycles. The molecule has 0 unspecified atom stereocenters. The van der Waals surface area contributed by atoms with Crippen LogP contribution >= 0.6 is 0 Å². The highest BCUT2D eigenvalue weighted by molar-refractivity contribution is 7.89. The van der Waals surface area contributed by atoms with Crippen molar-refractivity contribution in [2.45, 2.75) is 37.7 Å². The number of anilines is 2. The number of benzene rings is 2. The van der Waals surface area contributed by atoms with Gasteiger partial charge < -0.3 is 15.4 Å². The molecule has 2 amide bonds. The van der Waals surface area contributed by atoms with Gasteiger partial charge in [0.05, 0.1) is 16.5 Å². The maximum atomic E-state index is 13.2. The Bertz CT molecular complexity index is 1130. The lowest BCUT2D eigenvalue weighted by Gasteiger charge is -2.31. The fourth-order valence-electron chi connectivity index (χ4n) is 3.82. The Labute approximate surface area is 181 Å². The average Bonchev–Trinajstić information content (AvgIpc) is 2.76. The van der Waals surface area contributed by atoms with Crippen molar-refractivity contribution in [2.75, 3.05) is 23.7 Å². The molecule has 8 nitrogen and oxygen atoms in total. The Kier molecular flexibility index (Phi) is 5.72. The van der Waals surface area contributed by atoms with Crippen LogP contribution in [0.25, 0.3) is 0 Å². The molecule has 2 aromatic rings. The molecule has 2 heterocycles. The summed E-state index contributed by atoms with van der Waals surface area (Å²) in [5.41, 5.74) is 2.01. The molecule has 0 radical (unpaired) electrons. The van der Waals surface area contributed by atoms with Crippen LogP contribution in [0, 0.1) is 12.8 Å². The second-order valence-corrected chi connectivity index (χ2v) is 9.85. The molecule has 164 valence electrons. The molecule has 0 bridgehead atoms. The van der Waals surface area contributed by atoms with E-state index >= 15 is 0 Å². The maximum Gasteiger partial charge on any atom is 0.265 e. The molecular weight excluding hydrogens is 418 g/mol. The lowest BCUT2D eigenvalue weighted by molar-refractivity contribution is -0.123. The van der Waals surface area contributed by atoms with Crippen molar-refractivity contribution < 1.29 is 22.7 Å². The van der Waals surface area contributed by atoms with Gasteiger partial charge in [-0.1, -0.05) is 18.2 Å². The first-order valence-electron chi connectivity index (χ1n) is 10.2. The van der Waals surface area contributed by atoms with Gasteiger partial charge in [0.25, 0.3) is 5.91 Å². The highest BCUT2D eigenvalue weighted by Gasteiger charge is 2.34. The first-order valence-corrected chi connectivity index (χ1v) is 11.7. The van der Waals surface area contributed by atoms with Gasteiger partial charge in [0.2, 0.25) is 15.9 Å². The number of rotatable bonds is 4. The van der Waals surface area contributed by atoms with Crippen molar-refractivity contribution >= 4 is 33.2 Å². The maximum absolute atomic E-state index is 13.2. The number of sulfonamides is 1. The van der Waals surface area contributed by atoms with Gasteiger partial charge in [-0.2, -0.15) is 4.31 Å². The fourth-order valence-corrected chi connectivity index (χ4v) is 5.37. The quantitative estimate of drug-likeness (QED) is 0.756. The fraction of sp³-hybridized carbons (Fsp3) is 0.364. The van der Waals surface area contributed by atoms with Gasteiger partial charge in [-0.3, -0.25) is 9.59 Å². The SMILES string of the molecule is Cc1ccccc1NC(=O)[C@H]1CCCN(S(=O)(=O)c2ccc3c(c2)NC(=O)[C@@H](C)O3)C1. The number of piperidine rings is 1. The van der Waals surface area contributed by atoms with Gasteiger partial charge in [-0.05, 0) is 56.5 Å². The number of nitrogens with one attached hydrogen (secondary N) is 2. The number of para-hydroxylation sites is 1. The van der Waals surface area contributed by atoms with Crippen LogP contribution in [0.5, 0.6) is 5.75 Å². The molecule has 31 heavy (non-hydrogen) atoms. The van der Waals surface area contributed by atoms with Crippen LogP contribution in [0.4, 0.5) is 11.4 Å². The zero-order valence-electron chi connectivity index (χ0n) is 17.4. The monoisotopic (exact) mass is 443 g/mol. The number of ether oxygens (including phenoxy) is 1. The minimum absolute atomic E-state index is 0.0599. The van der Waals surface area contributed by atoms with Crippen molar-refractivity contribution in [1.82, 2.24) is 4.31 Å². The highest BCUT2D eigenvalue weighted by atomic mass is 32.2. The molecule has 4 rings (SSSR count). The van der Waals surface area contributed by atoms with E-state index in [1.807, 2.05) is 31.2 Å². The molecule has 1 saturated heterocycles. The number of hydrogen-bond donors (Lipinski definition) is 2. The Morgan fingerprint density at radius 1 is 1.23 bits per heavy atom. The largest absolute Gasteiger partial charge is 0.479 e. The first kappa shape index (κ1) is 21.3. The molecular formula is C22H25N3O5S. The third kappa shape index (κ3) is 4.28. The van der Waals surface area contributed by atoms with Crippen molar-refractivity contribution in [3.8, 4) is 5.75 Å². The van der Waals surface area contributed by atoms with Crippen LogP contribution < -0.4 is 15.4 Å². The van der Waals surface area contributed by atoms with Gasteiger partial charge in [-0.25, -0.2) is 8.42 Å². The average molecular weight is 444 g/mol. The number of carbonyl (C=O) groups is 2. The van der Waals surface area contributed by atoms with Crippen LogP contribution in [0.3, 0.4) is 0 Å². The van der Waals surface area contributed by atoms with E-state index in [1.54, 1.807) is 13.0 Å². The number of carbonyl (C=O) groups excluding carboxylic acids is 2. The van der Waals surface area contributed by atoms with Crippen LogP contribution in [0.1, 0.15) is 25.3 Å². The Hall–Kier alpha value is -2.91. The summed E-state index contributed by atoms with van der Waals surface area (Å²) >= 11 is 0. The van der Waals surface area contributed by atoms with E-state index in [2.05, 4.69) is 10.6 Å². The highest BCUT2D eigenvalue weighted by Crippen LogP contribution is 2.33. The van der Waals surface area contributed by atoms with Gasteiger partial charge in [-0.15, -0.1) is 0 Å². The summed E-state index contributed by atoms with van der Waals surface area (Å²) in [4.78, 5) is 24.7. The second kappa shape index (κ2) is 8.32. The Morgan fingerprint density at radius 3 is 2.77 bits per heavy atom. The summed E-state index contributed by atoms with van der Waals surface area (Å²) in [6, 6.07) is 11.9. The molecule has 0 saturated carbocycles. The van der Waals surface area contributed by atoms with Crippen LogP contribution in [0.15, 0.2) is 47.4 Å². The van der Waals surface area contributed by atoms with E-state index in [0.717, 1.165) is 11.3 Å². The smallest absolute Gasteiger partial charge is 0.265 e. The summed E-state index contributed by atoms with van der Waals surface area (Å²) < 4.78 is 33.3. The molecule has 2 N–H and O–H groups in total. The van der Waals surface area contributed by atoms with E-state index in [1.165, 1.54) is 16.4 Å². The molecule has 1 fully saturated rings. The summed E-state index contributed by atoms with van der Waals surface area (Å²) in [6.45, 7) is 3.98. The number of aryl methyl sites for hydroxylation is 1. The molecule has 0 spiro atoms. The summed E-state index contributed by atoms with van der Waals surface area (Å²) in [7, 11) is -3.83. The molecule has 2 atom stereocenters. The van der Waals surface area contributed by atoms with E-state index in [9.17, 15) is 18.0 Å². The second-order valence-electron chi connectivity index (χ2n) is 7.91. The normalized spacial score (nSPS) is 21.5. The van der Waals surface area contributed by atoms with Gasteiger partial charge in [0.15, 0.2) is 6.10 Å². The first-order chi connectivity index (χ1) is 14.8.